The number of aromatic nitrogens is 2. The van der Waals surface area contributed by atoms with Crippen molar-refractivity contribution < 1.29 is 4.79 Å². The van der Waals surface area contributed by atoms with Crippen LogP contribution in [0, 0.1) is 6.92 Å². The Morgan fingerprint density at radius 1 is 1.36 bits per heavy atom. The molecule has 2 heterocycles. The molecule has 14 heavy (non-hydrogen) atoms. The maximum atomic E-state index is 10.5. The van der Waals surface area contributed by atoms with Crippen molar-refractivity contribution in [1.29, 1.82) is 0 Å². The average Bonchev–Trinajstić information content (AvgIpc) is 2.66. The minimum atomic E-state index is 0.573. The topological polar surface area (TPSA) is 45.8 Å². The van der Waals surface area contributed by atoms with Crippen molar-refractivity contribution in [3.8, 4) is 11.4 Å². The van der Waals surface area contributed by atoms with Crippen molar-refractivity contribution >= 4 is 6.29 Å². The summed E-state index contributed by atoms with van der Waals surface area (Å²) in [6.07, 6.45) is 2.55. The van der Waals surface area contributed by atoms with Crippen LogP contribution in [0.2, 0.25) is 0 Å². The summed E-state index contributed by atoms with van der Waals surface area (Å²) >= 11 is 0. The van der Waals surface area contributed by atoms with E-state index in [4.69, 9.17) is 0 Å². The van der Waals surface area contributed by atoms with Gasteiger partial charge in [0, 0.05) is 6.20 Å². The van der Waals surface area contributed by atoms with Crippen LogP contribution in [0.4, 0.5) is 0 Å². The van der Waals surface area contributed by atoms with E-state index >= 15 is 0 Å². The van der Waals surface area contributed by atoms with Crippen LogP contribution in [-0.2, 0) is 0 Å². The number of carbonyl (C=O) groups excluding carboxylic acids is 1. The maximum absolute atomic E-state index is 10.5. The van der Waals surface area contributed by atoms with Gasteiger partial charge in [0.1, 0.15) is 0 Å². The predicted molar refractivity (Wildman–Crippen MR) is 54.1 cm³/mol. The largest absolute Gasteiger partial charge is 0.351 e. The van der Waals surface area contributed by atoms with E-state index in [1.54, 1.807) is 12.3 Å². The number of aromatic amines is 1. The Balaban J connectivity index is 2.43. The molecule has 2 rings (SSSR count). The van der Waals surface area contributed by atoms with Gasteiger partial charge in [0.05, 0.1) is 17.1 Å². The number of carbonyl (C=O) groups is 1. The van der Waals surface area contributed by atoms with E-state index in [9.17, 15) is 4.79 Å². The monoisotopic (exact) mass is 186 g/mol. The van der Waals surface area contributed by atoms with Gasteiger partial charge in [0.2, 0.25) is 0 Å². The lowest BCUT2D eigenvalue weighted by atomic mass is 10.2. The Morgan fingerprint density at radius 2 is 2.21 bits per heavy atom. The molecule has 0 aliphatic carbocycles. The lowest BCUT2D eigenvalue weighted by molar-refractivity contribution is 0.111. The molecule has 0 atom stereocenters. The highest BCUT2D eigenvalue weighted by Crippen LogP contribution is 2.16. The maximum Gasteiger partial charge on any atom is 0.166 e. The summed E-state index contributed by atoms with van der Waals surface area (Å²) in [4.78, 5) is 17.7. The molecule has 0 aliphatic heterocycles. The number of hydrogen-bond donors (Lipinski definition) is 1. The highest BCUT2D eigenvalue weighted by molar-refractivity contribution is 5.74. The van der Waals surface area contributed by atoms with Gasteiger partial charge in [0.15, 0.2) is 6.29 Å². The molecule has 0 aromatic carbocycles. The van der Waals surface area contributed by atoms with Crippen LogP contribution >= 0.6 is 0 Å². The number of nitrogens with zero attached hydrogens (tertiary/aromatic N) is 1. The summed E-state index contributed by atoms with van der Waals surface area (Å²) in [7, 11) is 0. The number of rotatable bonds is 2. The Morgan fingerprint density at radius 3 is 2.86 bits per heavy atom. The molecule has 70 valence electrons. The van der Waals surface area contributed by atoms with Gasteiger partial charge < -0.3 is 4.98 Å². The number of pyridine rings is 1. The van der Waals surface area contributed by atoms with Crippen molar-refractivity contribution in [3.63, 3.8) is 0 Å². The van der Waals surface area contributed by atoms with E-state index in [-0.39, 0.29) is 0 Å². The summed E-state index contributed by atoms with van der Waals surface area (Å²) < 4.78 is 0. The quantitative estimate of drug-likeness (QED) is 0.731. The van der Waals surface area contributed by atoms with Crippen LogP contribution in [0.5, 0.6) is 0 Å². The minimum absolute atomic E-state index is 0.573. The lowest BCUT2D eigenvalue weighted by Crippen LogP contribution is -1.85. The highest BCUT2D eigenvalue weighted by atomic mass is 16.1. The average molecular weight is 186 g/mol. The van der Waals surface area contributed by atoms with Gasteiger partial charge >= 0.3 is 0 Å². The third kappa shape index (κ3) is 1.57. The molecule has 0 saturated heterocycles. The van der Waals surface area contributed by atoms with E-state index in [1.807, 2.05) is 25.1 Å². The molecule has 2 aromatic rings. The Bertz CT molecular complexity index is 460. The fourth-order valence-electron chi connectivity index (χ4n) is 1.31. The van der Waals surface area contributed by atoms with Crippen molar-refractivity contribution in [2.75, 3.05) is 0 Å². The zero-order valence-corrected chi connectivity index (χ0v) is 7.82. The third-order valence-corrected chi connectivity index (χ3v) is 2.03. The molecule has 0 bridgehead atoms. The summed E-state index contributed by atoms with van der Waals surface area (Å²) in [5.74, 6) is 0. The van der Waals surface area contributed by atoms with Crippen LogP contribution in [0.3, 0.4) is 0 Å². The molecule has 3 nitrogen and oxygen atoms in total. The van der Waals surface area contributed by atoms with Gasteiger partial charge in [-0.2, -0.15) is 0 Å². The normalized spacial score (nSPS) is 10.1. The van der Waals surface area contributed by atoms with Gasteiger partial charge in [-0.05, 0) is 36.8 Å². The number of aryl methyl sites for hydroxylation is 1. The first kappa shape index (κ1) is 8.69. The second kappa shape index (κ2) is 3.46. The first-order chi connectivity index (χ1) is 6.79. The summed E-state index contributed by atoms with van der Waals surface area (Å²) in [6, 6.07) is 7.51. The molecule has 2 aromatic heterocycles. The van der Waals surface area contributed by atoms with Crippen LogP contribution in [0.1, 0.15) is 16.1 Å². The zero-order chi connectivity index (χ0) is 9.97. The van der Waals surface area contributed by atoms with Gasteiger partial charge in [-0.3, -0.25) is 9.78 Å². The van der Waals surface area contributed by atoms with Crippen LogP contribution in [0.15, 0.2) is 30.5 Å². The van der Waals surface area contributed by atoms with Crippen molar-refractivity contribution in [3.05, 3.63) is 41.7 Å². The van der Waals surface area contributed by atoms with Crippen LogP contribution in [0.25, 0.3) is 11.4 Å². The van der Waals surface area contributed by atoms with Crippen LogP contribution < -0.4 is 0 Å². The van der Waals surface area contributed by atoms with Gasteiger partial charge in [-0.1, -0.05) is 0 Å². The molecule has 0 radical (unpaired) electrons. The SMILES string of the molecule is Cc1ccnc(-c2ccc(C=O)[nH]2)c1. The lowest BCUT2D eigenvalue weighted by Gasteiger charge is -1.97. The van der Waals surface area contributed by atoms with E-state index in [0.717, 1.165) is 23.2 Å². The molecule has 0 saturated carbocycles. The van der Waals surface area contributed by atoms with Gasteiger partial charge in [0.25, 0.3) is 0 Å². The molecular weight excluding hydrogens is 176 g/mol. The third-order valence-electron chi connectivity index (χ3n) is 2.03. The molecule has 0 spiro atoms. The molecule has 0 amide bonds. The molecular formula is C11H10N2O. The Kier molecular flexibility index (Phi) is 2.14. The standard InChI is InChI=1S/C11H10N2O/c1-8-4-5-12-11(6-8)10-3-2-9(7-14)13-10/h2-7,13H,1H3. The summed E-state index contributed by atoms with van der Waals surface area (Å²) in [5.41, 5.74) is 3.45. The fourth-order valence-corrected chi connectivity index (χ4v) is 1.31. The zero-order valence-electron chi connectivity index (χ0n) is 7.82. The Labute approximate surface area is 81.8 Å². The highest BCUT2D eigenvalue weighted by Gasteiger charge is 2.01. The van der Waals surface area contributed by atoms with E-state index < -0.39 is 0 Å². The number of nitrogens with one attached hydrogen (secondary N) is 1. The summed E-state index contributed by atoms with van der Waals surface area (Å²) in [5, 5.41) is 0. The van der Waals surface area contributed by atoms with Gasteiger partial charge in [-0.15, -0.1) is 0 Å². The minimum Gasteiger partial charge on any atom is -0.351 e. The van der Waals surface area contributed by atoms with E-state index in [2.05, 4.69) is 9.97 Å². The van der Waals surface area contributed by atoms with E-state index in [1.165, 1.54) is 0 Å². The van der Waals surface area contributed by atoms with Crippen molar-refractivity contribution in [2.45, 2.75) is 6.92 Å². The van der Waals surface area contributed by atoms with E-state index in [0.29, 0.717) is 5.69 Å². The predicted octanol–water partition coefficient (Wildman–Crippen LogP) is 2.20. The number of aldehydes is 1. The van der Waals surface area contributed by atoms with Crippen molar-refractivity contribution in [1.82, 2.24) is 9.97 Å². The molecule has 0 aliphatic rings. The molecule has 1 N–H and O–H groups in total. The molecule has 3 heteroatoms. The van der Waals surface area contributed by atoms with Crippen molar-refractivity contribution in [2.24, 2.45) is 0 Å². The second-order valence-electron chi connectivity index (χ2n) is 3.16. The molecule has 0 fully saturated rings. The number of H-pyrrole nitrogens is 1. The summed E-state index contributed by atoms with van der Waals surface area (Å²) in [6.45, 7) is 2.01. The van der Waals surface area contributed by atoms with Crippen LogP contribution in [-0.4, -0.2) is 16.3 Å². The first-order valence-corrected chi connectivity index (χ1v) is 4.37. The molecule has 0 unspecified atom stereocenters. The second-order valence-corrected chi connectivity index (χ2v) is 3.16. The van der Waals surface area contributed by atoms with Gasteiger partial charge in [-0.25, -0.2) is 0 Å². The first-order valence-electron chi connectivity index (χ1n) is 4.37. The number of hydrogen-bond acceptors (Lipinski definition) is 2. The fraction of sp³-hybridized carbons (Fsp3) is 0.0909. The Hall–Kier alpha value is -1.90. The smallest absolute Gasteiger partial charge is 0.166 e.